The highest BCUT2D eigenvalue weighted by Gasteiger charge is 2.34. The summed E-state index contributed by atoms with van der Waals surface area (Å²) in [4.78, 5) is 26.4. The van der Waals surface area contributed by atoms with E-state index in [1.54, 1.807) is 4.90 Å². The maximum atomic E-state index is 12.5. The molecule has 4 heteroatoms. The molecule has 20 heavy (non-hydrogen) atoms. The number of likely N-dealkylation sites (tertiary alicyclic amines) is 1. The number of Topliss-reactive ketones (excluding diaryl/α,β-unsaturated/α-hetero) is 1. The van der Waals surface area contributed by atoms with Gasteiger partial charge in [-0.05, 0) is 26.2 Å². The second-order valence-corrected chi connectivity index (χ2v) is 5.34. The number of ketones is 1. The van der Waals surface area contributed by atoms with Crippen LogP contribution in [0.4, 0.5) is 4.79 Å². The molecule has 1 aromatic carbocycles. The third-order valence-corrected chi connectivity index (χ3v) is 3.86. The number of benzene rings is 1. The van der Waals surface area contributed by atoms with Crippen LogP contribution in [0.5, 0.6) is 0 Å². The van der Waals surface area contributed by atoms with E-state index < -0.39 is 0 Å². The fraction of sp³-hybridized carbons (Fsp3) is 0.500. The lowest BCUT2D eigenvalue weighted by Gasteiger charge is -2.25. The summed E-state index contributed by atoms with van der Waals surface area (Å²) in [5, 5.41) is 2.94. The Hall–Kier alpha value is -1.84. The van der Waals surface area contributed by atoms with Crippen molar-refractivity contribution < 1.29 is 9.59 Å². The third-order valence-electron chi connectivity index (χ3n) is 3.86. The SMILES string of the molecule is CCC(C)NC(=O)N1CCCC1C(=O)c1ccccc1. The molecule has 0 radical (unpaired) electrons. The molecule has 1 N–H and O–H groups in total. The summed E-state index contributed by atoms with van der Waals surface area (Å²) in [5.41, 5.74) is 0.681. The van der Waals surface area contributed by atoms with Crippen molar-refractivity contribution in [3.63, 3.8) is 0 Å². The molecule has 1 fully saturated rings. The maximum absolute atomic E-state index is 12.5. The standard InChI is InChI=1S/C16H22N2O2/c1-3-12(2)17-16(20)18-11-7-10-14(18)15(19)13-8-5-4-6-9-13/h4-6,8-9,12,14H,3,7,10-11H2,1-2H3,(H,17,20). The van der Waals surface area contributed by atoms with Crippen LogP contribution in [-0.4, -0.2) is 35.3 Å². The first-order chi connectivity index (χ1) is 9.63. The second-order valence-electron chi connectivity index (χ2n) is 5.34. The lowest BCUT2D eigenvalue weighted by Crippen LogP contribution is -2.48. The summed E-state index contributed by atoms with van der Waals surface area (Å²) < 4.78 is 0. The summed E-state index contributed by atoms with van der Waals surface area (Å²) in [6, 6.07) is 8.91. The summed E-state index contributed by atoms with van der Waals surface area (Å²) in [5.74, 6) is 0.0439. The Bertz CT molecular complexity index is 473. The van der Waals surface area contributed by atoms with Crippen molar-refractivity contribution >= 4 is 11.8 Å². The topological polar surface area (TPSA) is 49.4 Å². The number of nitrogens with one attached hydrogen (secondary N) is 1. The van der Waals surface area contributed by atoms with E-state index in [1.165, 1.54) is 0 Å². The highest BCUT2D eigenvalue weighted by Crippen LogP contribution is 2.21. The smallest absolute Gasteiger partial charge is 0.318 e. The van der Waals surface area contributed by atoms with Gasteiger partial charge in [-0.25, -0.2) is 4.79 Å². The van der Waals surface area contributed by atoms with Crippen molar-refractivity contribution in [2.45, 2.75) is 45.2 Å². The minimum atomic E-state index is -0.318. The number of hydrogen-bond donors (Lipinski definition) is 1. The van der Waals surface area contributed by atoms with Crippen LogP contribution in [0.3, 0.4) is 0 Å². The van der Waals surface area contributed by atoms with Gasteiger partial charge in [0.15, 0.2) is 5.78 Å². The van der Waals surface area contributed by atoms with Crippen molar-refractivity contribution in [2.24, 2.45) is 0 Å². The minimum absolute atomic E-state index is 0.0439. The zero-order valence-electron chi connectivity index (χ0n) is 12.1. The molecule has 0 spiro atoms. The van der Waals surface area contributed by atoms with Crippen LogP contribution >= 0.6 is 0 Å². The fourth-order valence-corrected chi connectivity index (χ4v) is 2.47. The van der Waals surface area contributed by atoms with E-state index in [-0.39, 0.29) is 23.9 Å². The number of amides is 2. The largest absolute Gasteiger partial charge is 0.336 e. The first-order valence-electron chi connectivity index (χ1n) is 7.30. The van der Waals surface area contributed by atoms with E-state index in [0.717, 1.165) is 19.3 Å². The lowest BCUT2D eigenvalue weighted by molar-refractivity contribution is 0.0885. The Balaban J connectivity index is 2.07. The van der Waals surface area contributed by atoms with Gasteiger partial charge in [0, 0.05) is 18.2 Å². The summed E-state index contributed by atoms with van der Waals surface area (Å²) >= 11 is 0. The third kappa shape index (κ3) is 3.18. The second kappa shape index (κ2) is 6.55. The minimum Gasteiger partial charge on any atom is -0.336 e. The van der Waals surface area contributed by atoms with Crippen molar-refractivity contribution in [2.75, 3.05) is 6.54 Å². The van der Waals surface area contributed by atoms with Crippen molar-refractivity contribution in [3.8, 4) is 0 Å². The zero-order valence-corrected chi connectivity index (χ0v) is 12.1. The molecule has 2 unspecified atom stereocenters. The van der Waals surface area contributed by atoms with Gasteiger partial charge >= 0.3 is 6.03 Å². The van der Waals surface area contributed by atoms with Gasteiger partial charge in [-0.2, -0.15) is 0 Å². The van der Waals surface area contributed by atoms with Crippen LogP contribution < -0.4 is 5.32 Å². The fourth-order valence-electron chi connectivity index (χ4n) is 2.47. The highest BCUT2D eigenvalue weighted by molar-refractivity contribution is 6.02. The van der Waals surface area contributed by atoms with E-state index >= 15 is 0 Å². The molecule has 1 aromatic rings. The first kappa shape index (κ1) is 14.6. The maximum Gasteiger partial charge on any atom is 0.318 e. The van der Waals surface area contributed by atoms with Gasteiger partial charge in [0.2, 0.25) is 0 Å². The summed E-state index contributed by atoms with van der Waals surface area (Å²) in [7, 11) is 0. The normalized spacial score (nSPS) is 19.7. The molecule has 4 nitrogen and oxygen atoms in total. The Morgan fingerprint density at radius 3 is 2.70 bits per heavy atom. The van der Waals surface area contributed by atoms with Gasteiger partial charge in [-0.15, -0.1) is 0 Å². The molecular formula is C16H22N2O2. The van der Waals surface area contributed by atoms with Gasteiger partial charge in [0.1, 0.15) is 0 Å². The first-order valence-corrected chi connectivity index (χ1v) is 7.30. The number of nitrogens with zero attached hydrogens (tertiary/aromatic N) is 1. The number of urea groups is 1. The summed E-state index contributed by atoms with van der Waals surface area (Å²) in [6.45, 7) is 4.66. The number of carbonyl (C=O) groups is 2. The zero-order chi connectivity index (χ0) is 14.5. The van der Waals surface area contributed by atoms with Crippen LogP contribution in [0.2, 0.25) is 0 Å². The molecule has 2 amide bonds. The molecule has 0 aromatic heterocycles. The molecule has 108 valence electrons. The molecule has 0 bridgehead atoms. The molecule has 2 rings (SSSR count). The average molecular weight is 274 g/mol. The van der Waals surface area contributed by atoms with Crippen molar-refractivity contribution in [3.05, 3.63) is 35.9 Å². The van der Waals surface area contributed by atoms with Gasteiger partial charge in [-0.1, -0.05) is 37.3 Å². The predicted octanol–water partition coefficient (Wildman–Crippen LogP) is 2.84. The van der Waals surface area contributed by atoms with Crippen LogP contribution in [0.1, 0.15) is 43.5 Å². The van der Waals surface area contributed by atoms with E-state index in [4.69, 9.17) is 0 Å². The van der Waals surface area contributed by atoms with Crippen LogP contribution in [0.15, 0.2) is 30.3 Å². The Morgan fingerprint density at radius 2 is 2.05 bits per heavy atom. The van der Waals surface area contributed by atoms with Crippen LogP contribution in [-0.2, 0) is 0 Å². The van der Waals surface area contributed by atoms with Gasteiger partial charge in [0.25, 0.3) is 0 Å². The Kier molecular flexibility index (Phi) is 4.77. The molecule has 1 saturated heterocycles. The summed E-state index contributed by atoms with van der Waals surface area (Å²) in [6.07, 6.45) is 2.52. The number of carbonyl (C=O) groups excluding carboxylic acids is 2. The molecule has 2 atom stereocenters. The molecule has 1 heterocycles. The van der Waals surface area contributed by atoms with Crippen molar-refractivity contribution in [1.82, 2.24) is 10.2 Å². The van der Waals surface area contributed by atoms with Gasteiger partial charge in [0.05, 0.1) is 6.04 Å². The van der Waals surface area contributed by atoms with Gasteiger partial charge < -0.3 is 10.2 Å². The Labute approximate surface area is 120 Å². The van der Waals surface area contributed by atoms with Crippen LogP contribution in [0.25, 0.3) is 0 Å². The molecule has 0 aliphatic carbocycles. The lowest BCUT2D eigenvalue weighted by atomic mass is 10.0. The van der Waals surface area contributed by atoms with E-state index in [1.807, 2.05) is 44.2 Å². The van der Waals surface area contributed by atoms with E-state index in [2.05, 4.69) is 5.32 Å². The van der Waals surface area contributed by atoms with Crippen LogP contribution in [0, 0.1) is 0 Å². The van der Waals surface area contributed by atoms with Gasteiger partial charge in [-0.3, -0.25) is 4.79 Å². The predicted molar refractivity (Wildman–Crippen MR) is 78.8 cm³/mol. The molecule has 1 aliphatic rings. The number of rotatable bonds is 4. The Morgan fingerprint density at radius 1 is 1.35 bits per heavy atom. The molecular weight excluding hydrogens is 252 g/mol. The monoisotopic (exact) mass is 274 g/mol. The molecule has 1 aliphatic heterocycles. The van der Waals surface area contributed by atoms with Crippen molar-refractivity contribution in [1.29, 1.82) is 0 Å². The highest BCUT2D eigenvalue weighted by atomic mass is 16.2. The van der Waals surface area contributed by atoms with E-state index in [9.17, 15) is 9.59 Å². The van der Waals surface area contributed by atoms with E-state index in [0.29, 0.717) is 12.1 Å². The average Bonchev–Trinajstić information content (AvgIpc) is 2.96. The number of hydrogen-bond acceptors (Lipinski definition) is 2. The quantitative estimate of drug-likeness (QED) is 0.858. The molecule has 0 saturated carbocycles.